The lowest BCUT2D eigenvalue weighted by molar-refractivity contribution is -0.174. The molecule has 0 spiro atoms. The average Bonchev–Trinajstić information content (AvgIpc) is 2.19. The van der Waals surface area contributed by atoms with Crippen molar-refractivity contribution in [1.29, 1.82) is 0 Å². The van der Waals surface area contributed by atoms with E-state index in [0.717, 1.165) is 0 Å². The number of carbonyl (C=O) groups excluding carboxylic acids is 1. The van der Waals surface area contributed by atoms with Gasteiger partial charge >= 0.3 is 12.1 Å². The number of carbonyl (C=O) groups is 2. The summed E-state index contributed by atoms with van der Waals surface area (Å²) in [7, 11) is 0. The summed E-state index contributed by atoms with van der Waals surface area (Å²) < 4.78 is 39.0. The van der Waals surface area contributed by atoms with E-state index in [1.54, 1.807) is 0 Å². The third-order valence-electron chi connectivity index (χ3n) is 1.56. The number of hydrogen-bond donors (Lipinski definition) is 3. The summed E-state index contributed by atoms with van der Waals surface area (Å²) in [5.74, 6) is -2.24. The van der Waals surface area contributed by atoms with Crippen molar-refractivity contribution in [2.45, 2.75) is 18.6 Å². The molecule has 1 amide bonds. The highest BCUT2D eigenvalue weighted by Crippen LogP contribution is 2.14. The van der Waals surface area contributed by atoms with Crippen LogP contribution in [0.1, 0.15) is 6.42 Å². The lowest BCUT2D eigenvalue weighted by Crippen LogP contribution is -2.43. The van der Waals surface area contributed by atoms with Crippen molar-refractivity contribution in [2.75, 3.05) is 19.8 Å². The van der Waals surface area contributed by atoms with Gasteiger partial charge in [-0.1, -0.05) is 0 Å². The van der Waals surface area contributed by atoms with E-state index in [2.05, 4.69) is 4.74 Å². The first-order valence-electron chi connectivity index (χ1n) is 4.54. The minimum absolute atomic E-state index is 0.417. The summed E-state index contributed by atoms with van der Waals surface area (Å²) in [5, 5.41) is 18.9. The standard InChI is InChI=1S/C8H12F3NO5/c9-8(10,11)4-17-2-1-6(14)12-5(3-13)7(15)16/h5,13H,1-4H2,(H,12,14)(H,15,16)/t5-/m0/s1. The maximum atomic E-state index is 11.6. The van der Waals surface area contributed by atoms with Gasteiger partial charge < -0.3 is 20.3 Å². The number of ether oxygens (including phenoxy) is 1. The highest BCUT2D eigenvalue weighted by atomic mass is 19.4. The Balaban J connectivity index is 3.77. The number of hydrogen-bond acceptors (Lipinski definition) is 4. The zero-order chi connectivity index (χ0) is 13.5. The van der Waals surface area contributed by atoms with E-state index in [4.69, 9.17) is 10.2 Å². The number of carboxylic acid groups (broad SMARTS) is 1. The molecule has 0 aliphatic rings. The zero-order valence-corrected chi connectivity index (χ0v) is 8.66. The fourth-order valence-corrected chi connectivity index (χ4v) is 0.805. The molecule has 0 fully saturated rings. The van der Waals surface area contributed by atoms with Crippen LogP contribution in [0.3, 0.4) is 0 Å². The number of aliphatic hydroxyl groups is 1. The van der Waals surface area contributed by atoms with Crippen molar-refractivity contribution in [2.24, 2.45) is 0 Å². The van der Waals surface area contributed by atoms with Crippen LogP contribution in [0.4, 0.5) is 13.2 Å². The van der Waals surface area contributed by atoms with Gasteiger partial charge in [0, 0.05) is 6.42 Å². The van der Waals surface area contributed by atoms with Crippen LogP contribution in [0.15, 0.2) is 0 Å². The predicted octanol–water partition coefficient (Wildman–Crippen LogP) is -0.483. The Kier molecular flexibility index (Phi) is 6.51. The Hall–Kier alpha value is -1.35. The summed E-state index contributed by atoms with van der Waals surface area (Å²) in [5.41, 5.74) is 0. The Labute approximate surface area is 94.4 Å². The number of nitrogens with one attached hydrogen (secondary N) is 1. The third kappa shape index (κ3) is 8.46. The van der Waals surface area contributed by atoms with Gasteiger partial charge in [0.25, 0.3) is 0 Å². The van der Waals surface area contributed by atoms with Crippen LogP contribution in [-0.4, -0.2) is 54.1 Å². The van der Waals surface area contributed by atoms with Crippen molar-refractivity contribution in [3.63, 3.8) is 0 Å². The molecule has 3 N–H and O–H groups in total. The fourth-order valence-electron chi connectivity index (χ4n) is 0.805. The van der Waals surface area contributed by atoms with E-state index in [1.165, 1.54) is 0 Å². The molecule has 0 saturated heterocycles. The van der Waals surface area contributed by atoms with Gasteiger partial charge in [0.05, 0.1) is 13.2 Å². The highest BCUT2D eigenvalue weighted by molar-refractivity contribution is 5.83. The monoisotopic (exact) mass is 259 g/mol. The minimum Gasteiger partial charge on any atom is -0.480 e. The van der Waals surface area contributed by atoms with Crippen LogP contribution >= 0.6 is 0 Å². The van der Waals surface area contributed by atoms with Crippen LogP contribution in [0, 0.1) is 0 Å². The van der Waals surface area contributed by atoms with Crippen molar-refractivity contribution in [3.05, 3.63) is 0 Å². The zero-order valence-electron chi connectivity index (χ0n) is 8.66. The summed E-state index contributed by atoms with van der Waals surface area (Å²) >= 11 is 0. The molecule has 0 aromatic heterocycles. The van der Waals surface area contributed by atoms with Gasteiger partial charge in [-0.05, 0) is 0 Å². The van der Waals surface area contributed by atoms with Gasteiger partial charge in [0.2, 0.25) is 5.91 Å². The SMILES string of the molecule is O=C(CCOCC(F)(F)F)N[C@@H](CO)C(=O)O. The van der Waals surface area contributed by atoms with Crippen molar-refractivity contribution in [3.8, 4) is 0 Å². The van der Waals surface area contributed by atoms with E-state index >= 15 is 0 Å². The van der Waals surface area contributed by atoms with E-state index in [-0.39, 0.29) is 0 Å². The van der Waals surface area contributed by atoms with E-state index < -0.39 is 50.3 Å². The second-order valence-corrected chi connectivity index (χ2v) is 3.06. The number of alkyl halides is 3. The van der Waals surface area contributed by atoms with Gasteiger partial charge in [0.15, 0.2) is 0 Å². The first-order valence-corrected chi connectivity index (χ1v) is 4.54. The summed E-state index contributed by atoms with van der Waals surface area (Å²) in [4.78, 5) is 21.4. The topological polar surface area (TPSA) is 95.9 Å². The van der Waals surface area contributed by atoms with Crippen LogP contribution in [0.5, 0.6) is 0 Å². The van der Waals surface area contributed by atoms with Gasteiger partial charge in [-0.3, -0.25) is 4.79 Å². The predicted molar refractivity (Wildman–Crippen MR) is 48.1 cm³/mol. The second kappa shape index (κ2) is 7.07. The molecular weight excluding hydrogens is 247 g/mol. The first-order chi connectivity index (χ1) is 7.76. The molecule has 100 valence electrons. The third-order valence-corrected chi connectivity index (χ3v) is 1.56. The van der Waals surface area contributed by atoms with Crippen LogP contribution in [0.25, 0.3) is 0 Å². The highest BCUT2D eigenvalue weighted by Gasteiger charge is 2.27. The Bertz CT molecular complexity index is 268. The Morgan fingerprint density at radius 3 is 2.35 bits per heavy atom. The molecule has 0 saturated carbocycles. The number of amides is 1. The molecule has 0 aromatic rings. The van der Waals surface area contributed by atoms with Crippen LogP contribution in [0.2, 0.25) is 0 Å². The molecule has 0 aromatic carbocycles. The average molecular weight is 259 g/mol. The molecule has 17 heavy (non-hydrogen) atoms. The maximum absolute atomic E-state index is 11.6. The van der Waals surface area contributed by atoms with Gasteiger partial charge in [-0.25, -0.2) is 4.79 Å². The molecule has 0 rings (SSSR count). The second-order valence-electron chi connectivity index (χ2n) is 3.06. The molecule has 1 atom stereocenters. The lowest BCUT2D eigenvalue weighted by atomic mass is 10.3. The smallest absolute Gasteiger partial charge is 0.411 e. The van der Waals surface area contributed by atoms with Gasteiger partial charge in [0.1, 0.15) is 12.6 Å². The molecule has 0 aliphatic carbocycles. The number of halogens is 3. The Morgan fingerprint density at radius 2 is 1.94 bits per heavy atom. The number of rotatable bonds is 7. The normalized spacial score (nSPS) is 13.2. The van der Waals surface area contributed by atoms with E-state index in [9.17, 15) is 22.8 Å². The van der Waals surface area contributed by atoms with E-state index in [0.29, 0.717) is 0 Å². The molecule has 0 heterocycles. The summed E-state index contributed by atoms with van der Waals surface area (Å²) in [6.07, 6.45) is -4.88. The molecule has 0 aliphatic heterocycles. The summed E-state index contributed by atoms with van der Waals surface area (Å²) in [6.45, 7) is -2.75. The van der Waals surface area contributed by atoms with E-state index in [1.807, 2.05) is 5.32 Å². The van der Waals surface area contributed by atoms with Crippen LogP contribution < -0.4 is 5.32 Å². The maximum Gasteiger partial charge on any atom is 0.411 e. The van der Waals surface area contributed by atoms with Crippen LogP contribution in [-0.2, 0) is 14.3 Å². The molecule has 0 bridgehead atoms. The van der Waals surface area contributed by atoms with Gasteiger partial charge in [-0.15, -0.1) is 0 Å². The minimum atomic E-state index is -4.47. The molecule has 0 unspecified atom stereocenters. The van der Waals surface area contributed by atoms with Crippen molar-refractivity contribution < 1.29 is 37.7 Å². The van der Waals surface area contributed by atoms with Crippen molar-refractivity contribution >= 4 is 11.9 Å². The molecule has 0 radical (unpaired) electrons. The lowest BCUT2D eigenvalue weighted by Gasteiger charge is -2.12. The largest absolute Gasteiger partial charge is 0.480 e. The molecule has 6 nitrogen and oxygen atoms in total. The molecule has 9 heteroatoms. The number of aliphatic hydroxyl groups excluding tert-OH is 1. The van der Waals surface area contributed by atoms with Crippen molar-refractivity contribution in [1.82, 2.24) is 5.32 Å². The first kappa shape index (κ1) is 15.7. The quantitative estimate of drug-likeness (QED) is 0.536. The Morgan fingerprint density at radius 1 is 1.35 bits per heavy atom. The number of carboxylic acids is 1. The number of aliphatic carboxylic acids is 1. The fraction of sp³-hybridized carbons (Fsp3) is 0.750. The summed E-state index contributed by atoms with van der Waals surface area (Å²) in [6, 6.07) is -1.47. The molecular formula is C8H12F3NO5. The van der Waals surface area contributed by atoms with Gasteiger partial charge in [-0.2, -0.15) is 13.2 Å².